The second kappa shape index (κ2) is 8.58. The predicted molar refractivity (Wildman–Crippen MR) is 115 cm³/mol. The summed E-state index contributed by atoms with van der Waals surface area (Å²) < 4.78 is 32.5. The Balaban J connectivity index is 1.48. The first kappa shape index (κ1) is 21.2. The lowest BCUT2D eigenvalue weighted by Crippen LogP contribution is -2.47. The number of benzene rings is 2. The van der Waals surface area contributed by atoms with Crippen LogP contribution >= 0.6 is 0 Å². The molecule has 10 heteroatoms. The number of nitrogens with zero attached hydrogens (tertiary/aromatic N) is 4. The maximum atomic E-state index is 13.0. The molecule has 3 aromatic rings. The van der Waals surface area contributed by atoms with Crippen LogP contribution in [0.4, 0.5) is 5.69 Å². The van der Waals surface area contributed by atoms with Crippen LogP contribution in [0.3, 0.4) is 0 Å². The molecule has 1 N–H and O–H groups in total. The van der Waals surface area contributed by atoms with E-state index in [4.69, 9.17) is 4.52 Å². The summed E-state index contributed by atoms with van der Waals surface area (Å²) in [5, 5.41) is 6.51. The van der Waals surface area contributed by atoms with Crippen LogP contribution in [0.5, 0.6) is 0 Å². The molecule has 0 unspecified atom stereocenters. The molecule has 9 nitrogen and oxygen atoms in total. The summed E-state index contributed by atoms with van der Waals surface area (Å²) in [5.74, 6) is 0.567. The molecule has 2 aromatic carbocycles. The molecule has 0 saturated carbocycles. The molecule has 0 bridgehead atoms. The lowest BCUT2D eigenvalue weighted by molar-refractivity contribution is 0.102. The van der Waals surface area contributed by atoms with E-state index in [9.17, 15) is 13.2 Å². The molecule has 1 fully saturated rings. The number of aromatic nitrogens is 2. The molecule has 2 heterocycles. The Hall–Kier alpha value is -3.08. The minimum atomic E-state index is -3.61. The minimum Gasteiger partial charge on any atom is -0.334 e. The molecule has 0 spiro atoms. The average Bonchev–Trinajstić information content (AvgIpc) is 3.20. The second-order valence-electron chi connectivity index (χ2n) is 7.41. The van der Waals surface area contributed by atoms with E-state index in [-0.39, 0.29) is 10.8 Å². The fourth-order valence-electron chi connectivity index (χ4n) is 3.29. The molecule has 0 aliphatic carbocycles. The van der Waals surface area contributed by atoms with Crippen LogP contribution in [-0.4, -0.2) is 66.9 Å². The zero-order valence-electron chi connectivity index (χ0n) is 17.3. The summed E-state index contributed by atoms with van der Waals surface area (Å²) in [6.45, 7) is 4.00. The van der Waals surface area contributed by atoms with Gasteiger partial charge in [-0.1, -0.05) is 11.2 Å². The molecular weight excluding hydrogens is 418 g/mol. The normalized spacial score (nSPS) is 15.7. The highest BCUT2D eigenvalue weighted by molar-refractivity contribution is 7.89. The molecule has 1 amide bonds. The van der Waals surface area contributed by atoms with Gasteiger partial charge in [-0.2, -0.15) is 9.29 Å². The van der Waals surface area contributed by atoms with Crippen molar-refractivity contribution in [2.45, 2.75) is 11.8 Å². The number of hydrogen-bond donors (Lipinski definition) is 1. The zero-order chi connectivity index (χ0) is 22.0. The van der Waals surface area contributed by atoms with Crippen molar-refractivity contribution in [3.8, 4) is 11.5 Å². The molecule has 1 saturated heterocycles. The zero-order valence-corrected chi connectivity index (χ0v) is 18.1. The number of piperazine rings is 1. The fourth-order valence-corrected chi connectivity index (χ4v) is 4.76. The predicted octanol–water partition coefficient (Wildman–Crippen LogP) is 2.23. The van der Waals surface area contributed by atoms with Crippen LogP contribution in [0.15, 0.2) is 57.9 Å². The number of amides is 1. The molecule has 4 rings (SSSR count). The van der Waals surface area contributed by atoms with Crippen molar-refractivity contribution in [2.75, 3.05) is 38.5 Å². The Kier molecular flexibility index (Phi) is 5.86. The van der Waals surface area contributed by atoms with E-state index in [0.717, 1.165) is 0 Å². The number of hydrogen-bond acceptors (Lipinski definition) is 7. The van der Waals surface area contributed by atoms with Crippen molar-refractivity contribution in [1.29, 1.82) is 0 Å². The minimum absolute atomic E-state index is 0.164. The molecule has 0 atom stereocenters. The summed E-state index contributed by atoms with van der Waals surface area (Å²) in [4.78, 5) is 19.0. The van der Waals surface area contributed by atoms with Gasteiger partial charge in [-0.05, 0) is 56.4 Å². The van der Waals surface area contributed by atoms with Crippen LogP contribution in [0.1, 0.15) is 16.2 Å². The smallest absolute Gasteiger partial charge is 0.257 e. The van der Waals surface area contributed by atoms with Crippen molar-refractivity contribution in [2.24, 2.45) is 0 Å². The maximum Gasteiger partial charge on any atom is 0.257 e. The molecule has 1 aliphatic heterocycles. The van der Waals surface area contributed by atoms with Gasteiger partial charge in [0, 0.05) is 43.0 Å². The summed E-state index contributed by atoms with van der Waals surface area (Å²) in [7, 11) is -1.64. The van der Waals surface area contributed by atoms with E-state index in [1.54, 1.807) is 49.4 Å². The Morgan fingerprint density at radius 1 is 1.06 bits per heavy atom. The average molecular weight is 442 g/mol. The number of aryl methyl sites for hydroxylation is 1. The first-order valence-corrected chi connectivity index (χ1v) is 11.3. The summed E-state index contributed by atoms with van der Waals surface area (Å²) in [6, 6.07) is 13.1. The molecule has 0 radical (unpaired) electrons. The molecule has 1 aliphatic rings. The third-order valence-electron chi connectivity index (χ3n) is 5.11. The van der Waals surface area contributed by atoms with E-state index in [1.807, 2.05) is 7.05 Å². The molecule has 1 aromatic heterocycles. The van der Waals surface area contributed by atoms with Crippen molar-refractivity contribution in [1.82, 2.24) is 19.3 Å². The Morgan fingerprint density at radius 3 is 2.42 bits per heavy atom. The van der Waals surface area contributed by atoms with Gasteiger partial charge in [0.2, 0.25) is 10.0 Å². The second-order valence-corrected chi connectivity index (χ2v) is 9.35. The highest BCUT2D eigenvalue weighted by Crippen LogP contribution is 2.22. The fraction of sp³-hybridized carbons (Fsp3) is 0.286. The Bertz CT molecular complexity index is 1180. The lowest BCUT2D eigenvalue weighted by atomic mass is 10.1. The van der Waals surface area contributed by atoms with E-state index in [1.165, 1.54) is 10.4 Å². The maximum absolute atomic E-state index is 13.0. The van der Waals surface area contributed by atoms with Crippen molar-refractivity contribution in [3.05, 3.63) is 59.9 Å². The van der Waals surface area contributed by atoms with Crippen LogP contribution in [0.25, 0.3) is 11.5 Å². The Labute approximate surface area is 180 Å². The third kappa shape index (κ3) is 4.66. The van der Waals surface area contributed by atoms with Crippen LogP contribution in [0, 0.1) is 6.92 Å². The van der Waals surface area contributed by atoms with Gasteiger partial charge in [0.05, 0.1) is 4.90 Å². The van der Waals surface area contributed by atoms with Crippen molar-refractivity contribution < 1.29 is 17.7 Å². The number of carbonyl (C=O) groups excluding carboxylic acids is 1. The highest BCUT2D eigenvalue weighted by Gasteiger charge is 2.27. The van der Waals surface area contributed by atoms with Gasteiger partial charge in [0.1, 0.15) is 0 Å². The lowest BCUT2D eigenvalue weighted by Gasteiger charge is -2.31. The summed E-state index contributed by atoms with van der Waals surface area (Å²) >= 11 is 0. The van der Waals surface area contributed by atoms with Crippen molar-refractivity contribution >= 4 is 21.6 Å². The highest BCUT2D eigenvalue weighted by atomic mass is 32.2. The number of sulfonamides is 1. The van der Waals surface area contributed by atoms with E-state index in [2.05, 4.69) is 20.4 Å². The van der Waals surface area contributed by atoms with E-state index >= 15 is 0 Å². The largest absolute Gasteiger partial charge is 0.334 e. The monoisotopic (exact) mass is 441 g/mol. The van der Waals surface area contributed by atoms with Gasteiger partial charge in [-0.15, -0.1) is 0 Å². The van der Waals surface area contributed by atoms with Gasteiger partial charge in [-0.25, -0.2) is 8.42 Å². The first-order valence-electron chi connectivity index (χ1n) is 9.84. The number of anilines is 1. The van der Waals surface area contributed by atoms with Crippen LogP contribution in [-0.2, 0) is 10.0 Å². The topological polar surface area (TPSA) is 109 Å². The quantitative estimate of drug-likeness (QED) is 0.647. The number of carbonyl (C=O) groups is 1. The number of likely N-dealkylation sites (N-methyl/N-ethyl adjacent to an activating group) is 1. The summed E-state index contributed by atoms with van der Waals surface area (Å²) in [6.07, 6.45) is 0. The Morgan fingerprint density at radius 2 is 1.77 bits per heavy atom. The van der Waals surface area contributed by atoms with Gasteiger partial charge >= 0.3 is 0 Å². The first-order chi connectivity index (χ1) is 14.8. The molecule has 31 heavy (non-hydrogen) atoms. The van der Waals surface area contributed by atoms with Gasteiger partial charge in [0.15, 0.2) is 5.82 Å². The summed E-state index contributed by atoms with van der Waals surface area (Å²) in [5.41, 5.74) is 1.54. The van der Waals surface area contributed by atoms with Gasteiger partial charge in [0.25, 0.3) is 11.8 Å². The molecular formula is C21H23N5O4S. The van der Waals surface area contributed by atoms with Crippen molar-refractivity contribution in [3.63, 3.8) is 0 Å². The molecule has 162 valence electrons. The standard InChI is InChI=1S/C21H23N5O4S/c1-15-22-21(30-24-15)17-8-6-16(7-9-17)20(27)23-18-4-3-5-19(14-18)31(28,29)26-12-10-25(2)11-13-26/h3-9,14H,10-13H2,1-2H3,(H,23,27). The SMILES string of the molecule is Cc1noc(-c2ccc(C(=O)Nc3cccc(S(=O)(=O)N4CCN(C)CC4)c3)cc2)n1. The van der Waals surface area contributed by atoms with E-state index < -0.39 is 10.0 Å². The van der Waals surface area contributed by atoms with Gasteiger partial charge in [-0.3, -0.25) is 4.79 Å². The van der Waals surface area contributed by atoms with Crippen LogP contribution in [0.2, 0.25) is 0 Å². The van der Waals surface area contributed by atoms with E-state index in [0.29, 0.717) is 54.7 Å². The van der Waals surface area contributed by atoms with Gasteiger partial charge < -0.3 is 14.7 Å². The number of rotatable bonds is 5. The van der Waals surface area contributed by atoms with Crippen LogP contribution < -0.4 is 5.32 Å². The number of nitrogens with one attached hydrogen (secondary N) is 1. The third-order valence-corrected chi connectivity index (χ3v) is 7.01.